The zero-order valence-corrected chi connectivity index (χ0v) is 18.1. The Morgan fingerprint density at radius 3 is 2.48 bits per heavy atom. The first-order chi connectivity index (χ1) is 13.8. The lowest BCUT2D eigenvalue weighted by Crippen LogP contribution is -2.29. The van der Waals surface area contributed by atoms with E-state index in [-0.39, 0.29) is 5.91 Å². The van der Waals surface area contributed by atoms with Crippen LogP contribution in [0, 0.1) is 5.41 Å². The van der Waals surface area contributed by atoms with E-state index in [1.54, 1.807) is 7.11 Å². The van der Waals surface area contributed by atoms with Crippen molar-refractivity contribution in [3.63, 3.8) is 0 Å². The number of imidazole rings is 1. The van der Waals surface area contributed by atoms with Gasteiger partial charge in [-0.05, 0) is 38.1 Å². The number of aromatic amines is 1. The number of aromatic nitrogens is 2. The average Bonchev–Trinajstić information content (AvgIpc) is 3.11. The predicted molar refractivity (Wildman–Crippen MR) is 120 cm³/mol. The van der Waals surface area contributed by atoms with Crippen molar-refractivity contribution in [3.05, 3.63) is 36.4 Å². The lowest BCUT2D eigenvalue weighted by atomic mass is 9.95. The molecule has 2 N–H and O–H groups in total. The molecule has 0 saturated carbocycles. The average molecular weight is 395 g/mol. The first kappa shape index (κ1) is 20.7. The molecule has 2 aromatic carbocycles. The highest BCUT2D eigenvalue weighted by Crippen LogP contribution is 2.35. The van der Waals surface area contributed by atoms with Gasteiger partial charge in [0.25, 0.3) is 0 Å². The summed E-state index contributed by atoms with van der Waals surface area (Å²) in [6.45, 7) is 11.6. The van der Waals surface area contributed by atoms with Gasteiger partial charge in [-0.1, -0.05) is 32.9 Å². The Bertz CT molecular complexity index is 1010. The van der Waals surface area contributed by atoms with Crippen LogP contribution < -0.4 is 15.0 Å². The molecule has 0 saturated heterocycles. The molecule has 0 radical (unpaired) electrons. The number of nitrogens with one attached hydrogen (secondary N) is 2. The lowest BCUT2D eigenvalue weighted by Gasteiger charge is -2.26. The Morgan fingerprint density at radius 2 is 1.86 bits per heavy atom. The van der Waals surface area contributed by atoms with Crippen LogP contribution in [0.25, 0.3) is 22.4 Å². The van der Waals surface area contributed by atoms with Gasteiger partial charge in [-0.2, -0.15) is 0 Å². The van der Waals surface area contributed by atoms with Gasteiger partial charge in [0.15, 0.2) is 0 Å². The van der Waals surface area contributed by atoms with Gasteiger partial charge in [-0.3, -0.25) is 4.79 Å². The fourth-order valence-corrected chi connectivity index (χ4v) is 3.25. The number of anilines is 2. The zero-order valence-electron chi connectivity index (χ0n) is 18.1. The molecule has 0 atom stereocenters. The number of fused-ring (bicyclic) bond motifs is 1. The summed E-state index contributed by atoms with van der Waals surface area (Å²) in [5, 5.41) is 3.11. The van der Waals surface area contributed by atoms with Crippen LogP contribution in [0.4, 0.5) is 11.4 Å². The van der Waals surface area contributed by atoms with E-state index < -0.39 is 5.41 Å². The summed E-state index contributed by atoms with van der Waals surface area (Å²) in [6.07, 6.45) is 0. The first-order valence-electron chi connectivity index (χ1n) is 10.0. The molecule has 0 fully saturated rings. The van der Waals surface area contributed by atoms with Crippen molar-refractivity contribution in [2.75, 3.05) is 30.4 Å². The molecule has 1 aromatic heterocycles. The number of nitrogens with zero attached hydrogens (tertiary/aromatic N) is 2. The third-order valence-electron chi connectivity index (χ3n) is 4.99. The van der Waals surface area contributed by atoms with Crippen LogP contribution in [-0.2, 0) is 4.79 Å². The normalized spacial score (nSPS) is 11.5. The number of carbonyl (C=O) groups excluding carboxylic acids is 1. The number of ether oxygens (including phenoxy) is 1. The molecule has 29 heavy (non-hydrogen) atoms. The highest BCUT2D eigenvalue weighted by Gasteiger charge is 2.23. The van der Waals surface area contributed by atoms with E-state index in [2.05, 4.69) is 29.0 Å². The van der Waals surface area contributed by atoms with Gasteiger partial charge in [-0.15, -0.1) is 0 Å². The topological polar surface area (TPSA) is 70.2 Å². The van der Waals surface area contributed by atoms with Crippen LogP contribution in [0.3, 0.4) is 0 Å². The lowest BCUT2D eigenvalue weighted by molar-refractivity contribution is -0.123. The molecule has 0 spiro atoms. The molecule has 0 aliphatic rings. The van der Waals surface area contributed by atoms with E-state index in [1.807, 2.05) is 57.2 Å². The van der Waals surface area contributed by atoms with Gasteiger partial charge in [0.05, 0.1) is 35.1 Å². The summed E-state index contributed by atoms with van der Waals surface area (Å²) in [7, 11) is 1.65. The number of carbonyl (C=O) groups is 1. The summed E-state index contributed by atoms with van der Waals surface area (Å²) in [5.74, 6) is 1.48. The van der Waals surface area contributed by atoms with E-state index >= 15 is 0 Å². The maximum atomic E-state index is 12.7. The van der Waals surface area contributed by atoms with Gasteiger partial charge in [0, 0.05) is 18.5 Å². The number of H-pyrrole nitrogens is 1. The molecule has 0 aliphatic carbocycles. The van der Waals surface area contributed by atoms with Gasteiger partial charge in [-0.25, -0.2) is 4.98 Å². The second-order valence-corrected chi connectivity index (χ2v) is 8.05. The molecule has 6 nitrogen and oxygen atoms in total. The minimum atomic E-state index is -0.480. The molecule has 6 heteroatoms. The maximum absolute atomic E-state index is 12.7. The van der Waals surface area contributed by atoms with Crippen LogP contribution in [0.15, 0.2) is 36.4 Å². The Balaban J connectivity index is 2.14. The summed E-state index contributed by atoms with van der Waals surface area (Å²) >= 11 is 0. The highest BCUT2D eigenvalue weighted by molar-refractivity contribution is 6.01. The van der Waals surface area contributed by atoms with Crippen LogP contribution >= 0.6 is 0 Å². The summed E-state index contributed by atoms with van der Waals surface area (Å²) in [6, 6.07) is 11.8. The van der Waals surface area contributed by atoms with E-state index in [0.717, 1.165) is 52.6 Å². The fourth-order valence-electron chi connectivity index (χ4n) is 3.25. The van der Waals surface area contributed by atoms with Crippen molar-refractivity contribution >= 4 is 28.3 Å². The van der Waals surface area contributed by atoms with Gasteiger partial charge in [0.2, 0.25) is 5.91 Å². The number of hydrogen-bond acceptors (Lipinski definition) is 4. The quantitative estimate of drug-likeness (QED) is 0.612. The van der Waals surface area contributed by atoms with Crippen molar-refractivity contribution < 1.29 is 9.53 Å². The van der Waals surface area contributed by atoms with E-state index in [9.17, 15) is 4.79 Å². The molecular weight excluding hydrogens is 364 g/mol. The van der Waals surface area contributed by atoms with E-state index in [1.165, 1.54) is 0 Å². The standard InChI is InChI=1S/C23H30N4O2/c1-7-27(8-2)19-14-17-16(13-18(19)26-22(28)23(3,4)5)24-21(25-17)15-11-9-10-12-20(15)29-6/h9-14H,7-8H2,1-6H3,(H,24,25)(H,26,28). The molecule has 154 valence electrons. The second-order valence-electron chi connectivity index (χ2n) is 8.05. The van der Waals surface area contributed by atoms with Crippen LogP contribution in [0.5, 0.6) is 5.75 Å². The predicted octanol–water partition coefficient (Wildman–Crippen LogP) is 5.07. The molecule has 0 unspecified atom stereocenters. The van der Waals surface area contributed by atoms with Crippen LogP contribution in [0.1, 0.15) is 34.6 Å². The Morgan fingerprint density at radius 1 is 1.17 bits per heavy atom. The van der Waals surface area contributed by atoms with Crippen molar-refractivity contribution in [2.24, 2.45) is 5.41 Å². The largest absolute Gasteiger partial charge is 0.496 e. The second kappa shape index (κ2) is 8.15. The van der Waals surface area contributed by atoms with E-state index in [0.29, 0.717) is 0 Å². The number of para-hydroxylation sites is 1. The summed E-state index contributed by atoms with van der Waals surface area (Å²) in [4.78, 5) is 23.1. The van der Waals surface area contributed by atoms with Crippen LogP contribution in [0.2, 0.25) is 0 Å². The summed E-state index contributed by atoms with van der Waals surface area (Å²) < 4.78 is 5.48. The SMILES string of the molecule is CCN(CC)c1cc2nc(-c3ccccc3OC)[nH]c2cc1NC(=O)C(C)(C)C. The third kappa shape index (κ3) is 4.21. The number of amides is 1. The molecule has 3 aromatic rings. The minimum Gasteiger partial charge on any atom is -0.496 e. The van der Waals surface area contributed by atoms with E-state index in [4.69, 9.17) is 9.72 Å². The Kier molecular flexibility index (Phi) is 5.82. The highest BCUT2D eigenvalue weighted by atomic mass is 16.5. The zero-order chi connectivity index (χ0) is 21.2. The van der Waals surface area contributed by atoms with Crippen molar-refractivity contribution in [2.45, 2.75) is 34.6 Å². The molecule has 0 aliphatic heterocycles. The molecule has 1 amide bonds. The number of rotatable bonds is 6. The molecular formula is C23H30N4O2. The van der Waals surface area contributed by atoms with Crippen molar-refractivity contribution in [1.82, 2.24) is 9.97 Å². The molecule has 3 rings (SSSR count). The monoisotopic (exact) mass is 394 g/mol. The van der Waals surface area contributed by atoms with Gasteiger partial charge < -0.3 is 19.9 Å². The Labute approximate surface area is 172 Å². The van der Waals surface area contributed by atoms with Gasteiger partial charge >= 0.3 is 0 Å². The number of methoxy groups -OCH3 is 1. The van der Waals surface area contributed by atoms with Crippen LogP contribution in [-0.4, -0.2) is 36.1 Å². The minimum absolute atomic E-state index is 0.0188. The number of benzene rings is 2. The fraction of sp³-hybridized carbons (Fsp3) is 0.391. The van der Waals surface area contributed by atoms with Gasteiger partial charge in [0.1, 0.15) is 11.6 Å². The maximum Gasteiger partial charge on any atom is 0.229 e. The summed E-state index contributed by atoms with van der Waals surface area (Å²) in [5.41, 5.74) is 3.89. The van der Waals surface area contributed by atoms with Crippen molar-refractivity contribution in [1.29, 1.82) is 0 Å². The van der Waals surface area contributed by atoms with Crippen molar-refractivity contribution in [3.8, 4) is 17.1 Å². The third-order valence-corrected chi connectivity index (χ3v) is 4.99. The number of hydrogen-bond donors (Lipinski definition) is 2. The first-order valence-corrected chi connectivity index (χ1v) is 10.0. The molecule has 0 bridgehead atoms. The Hall–Kier alpha value is -3.02. The smallest absolute Gasteiger partial charge is 0.229 e. The molecule has 1 heterocycles.